The molecule has 0 radical (unpaired) electrons. The van der Waals surface area contributed by atoms with E-state index in [4.69, 9.17) is 9.15 Å². The number of carbonyl (C=O) groups excluding carboxylic acids is 2. The van der Waals surface area contributed by atoms with Gasteiger partial charge >= 0.3 is 0 Å². The summed E-state index contributed by atoms with van der Waals surface area (Å²) >= 11 is 0. The third kappa shape index (κ3) is 4.62. The predicted molar refractivity (Wildman–Crippen MR) is 117 cm³/mol. The second kappa shape index (κ2) is 8.96. The van der Waals surface area contributed by atoms with Gasteiger partial charge in [-0.05, 0) is 48.5 Å². The van der Waals surface area contributed by atoms with Crippen LogP contribution >= 0.6 is 0 Å². The van der Waals surface area contributed by atoms with E-state index in [1.165, 1.54) is 0 Å². The van der Waals surface area contributed by atoms with Crippen molar-refractivity contribution in [2.45, 2.75) is 0 Å². The van der Waals surface area contributed by atoms with Gasteiger partial charge in [0.1, 0.15) is 16.9 Å². The number of rotatable bonds is 5. The molecule has 0 saturated carbocycles. The van der Waals surface area contributed by atoms with Gasteiger partial charge in [0.05, 0.1) is 7.11 Å². The molecule has 2 N–H and O–H groups in total. The molecule has 7 heteroatoms. The number of amides is 2. The third-order valence-corrected chi connectivity index (χ3v) is 4.53. The molecule has 0 unspecified atom stereocenters. The summed E-state index contributed by atoms with van der Waals surface area (Å²) in [5, 5.41) is 7.55. The van der Waals surface area contributed by atoms with Crippen LogP contribution in [0, 0.1) is 0 Å². The van der Waals surface area contributed by atoms with Crippen LogP contribution < -0.4 is 21.0 Å². The van der Waals surface area contributed by atoms with Gasteiger partial charge in [0.15, 0.2) is 0 Å². The zero-order chi connectivity index (χ0) is 21.6. The number of carbonyl (C=O) groups is 2. The fourth-order valence-corrected chi connectivity index (χ4v) is 2.96. The summed E-state index contributed by atoms with van der Waals surface area (Å²) in [7, 11) is 1.56. The fourth-order valence-electron chi connectivity index (χ4n) is 2.96. The zero-order valence-corrected chi connectivity index (χ0v) is 16.7. The first-order valence-corrected chi connectivity index (χ1v) is 9.51. The van der Waals surface area contributed by atoms with Crippen molar-refractivity contribution in [3.05, 3.63) is 102 Å². The van der Waals surface area contributed by atoms with Gasteiger partial charge < -0.3 is 14.5 Å². The van der Waals surface area contributed by atoms with Crippen molar-refractivity contribution in [3.8, 4) is 5.75 Å². The lowest BCUT2D eigenvalue weighted by Crippen LogP contribution is -2.26. The van der Waals surface area contributed by atoms with Crippen LogP contribution in [-0.2, 0) is 0 Å². The minimum Gasteiger partial charge on any atom is -0.497 e. The molecule has 2 amide bonds. The molecule has 0 aliphatic carbocycles. The van der Waals surface area contributed by atoms with E-state index in [1.807, 2.05) is 24.3 Å². The van der Waals surface area contributed by atoms with E-state index < -0.39 is 11.8 Å². The van der Waals surface area contributed by atoms with Crippen molar-refractivity contribution < 1.29 is 18.7 Å². The molecule has 0 spiro atoms. The highest BCUT2D eigenvalue weighted by Gasteiger charge is 2.14. The van der Waals surface area contributed by atoms with E-state index in [9.17, 15) is 9.59 Å². The molecule has 4 aromatic rings. The molecule has 4 rings (SSSR count). The molecule has 0 atom stereocenters. The number of benzene rings is 3. The highest BCUT2D eigenvalue weighted by Crippen LogP contribution is 2.20. The van der Waals surface area contributed by atoms with Crippen molar-refractivity contribution in [1.29, 1.82) is 0 Å². The van der Waals surface area contributed by atoms with Crippen molar-refractivity contribution in [2.75, 3.05) is 12.4 Å². The Balaban J connectivity index is 1.75. The standard InChI is InChI=1S/C24H19N3O4/c1-30-19-12-13-21-17(14-19)15-20(23(29)25-18-10-6-3-7-11-18)24(31-21)27-26-22(28)16-8-4-2-5-9-16/h2-15H,1H3,(H,25,29)(H,26,28)/b27-24+. The zero-order valence-electron chi connectivity index (χ0n) is 16.7. The average Bonchev–Trinajstić information content (AvgIpc) is 2.82. The molecule has 3 aromatic carbocycles. The van der Waals surface area contributed by atoms with Crippen molar-refractivity contribution >= 4 is 28.5 Å². The Morgan fingerprint density at radius 1 is 0.871 bits per heavy atom. The number of nitrogens with zero attached hydrogens (tertiary/aromatic N) is 1. The Morgan fingerprint density at radius 2 is 1.58 bits per heavy atom. The number of methoxy groups -OCH3 is 1. The Hall–Kier alpha value is -4.39. The number of nitrogens with one attached hydrogen (secondary N) is 2. The number of hydrogen-bond donors (Lipinski definition) is 2. The lowest BCUT2D eigenvalue weighted by atomic mass is 10.1. The Labute approximate surface area is 178 Å². The van der Waals surface area contributed by atoms with Gasteiger partial charge in [0, 0.05) is 16.6 Å². The van der Waals surface area contributed by atoms with Crippen LogP contribution in [0.15, 0.2) is 94.4 Å². The summed E-state index contributed by atoms with van der Waals surface area (Å²) in [5.74, 6) is -0.216. The lowest BCUT2D eigenvalue weighted by Gasteiger charge is -2.08. The molecule has 0 bridgehead atoms. The maximum atomic E-state index is 13.0. The van der Waals surface area contributed by atoms with Gasteiger partial charge in [0.2, 0.25) is 5.55 Å². The Bertz CT molecular complexity index is 1300. The number of anilines is 1. The van der Waals surface area contributed by atoms with Gasteiger partial charge in [-0.2, -0.15) is 0 Å². The SMILES string of the molecule is COc1ccc2o/c(=N/NC(=O)c3ccccc3)c(C(=O)Nc3ccccc3)cc2c1. The number of para-hydroxylation sites is 1. The van der Waals surface area contributed by atoms with Gasteiger partial charge in [-0.15, -0.1) is 5.10 Å². The number of hydrogen-bond acceptors (Lipinski definition) is 5. The van der Waals surface area contributed by atoms with E-state index in [0.29, 0.717) is 28.0 Å². The van der Waals surface area contributed by atoms with E-state index in [0.717, 1.165) is 0 Å². The summed E-state index contributed by atoms with van der Waals surface area (Å²) in [6.07, 6.45) is 0. The second-order valence-electron chi connectivity index (χ2n) is 6.61. The molecule has 0 fully saturated rings. The number of ether oxygens (including phenoxy) is 1. The van der Waals surface area contributed by atoms with Crippen LogP contribution in [0.5, 0.6) is 5.75 Å². The molecule has 31 heavy (non-hydrogen) atoms. The van der Waals surface area contributed by atoms with Crippen LogP contribution in [0.25, 0.3) is 11.0 Å². The molecule has 154 valence electrons. The van der Waals surface area contributed by atoms with Crippen molar-refractivity contribution in [1.82, 2.24) is 5.43 Å². The van der Waals surface area contributed by atoms with E-state index in [2.05, 4.69) is 15.8 Å². The maximum Gasteiger partial charge on any atom is 0.271 e. The first kappa shape index (κ1) is 19.9. The second-order valence-corrected chi connectivity index (χ2v) is 6.61. The topological polar surface area (TPSA) is 92.9 Å². The minimum atomic E-state index is -0.424. The highest BCUT2D eigenvalue weighted by molar-refractivity contribution is 6.05. The van der Waals surface area contributed by atoms with E-state index >= 15 is 0 Å². The third-order valence-electron chi connectivity index (χ3n) is 4.53. The van der Waals surface area contributed by atoms with Crippen LogP contribution in [0.2, 0.25) is 0 Å². The van der Waals surface area contributed by atoms with Crippen molar-refractivity contribution in [2.24, 2.45) is 5.10 Å². The quantitative estimate of drug-likeness (QED) is 0.485. The predicted octanol–water partition coefficient (Wildman–Crippen LogP) is 3.94. The van der Waals surface area contributed by atoms with Gasteiger partial charge in [-0.1, -0.05) is 36.4 Å². The normalized spacial score (nSPS) is 11.2. The van der Waals surface area contributed by atoms with Gasteiger partial charge in [0.25, 0.3) is 11.8 Å². The summed E-state index contributed by atoms with van der Waals surface area (Å²) in [5.41, 5.74) is 4.15. The molecule has 1 heterocycles. The first-order chi connectivity index (χ1) is 15.1. The number of fused-ring (bicyclic) bond motifs is 1. The monoisotopic (exact) mass is 413 g/mol. The summed E-state index contributed by atoms with van der Waals surface area (Å²) in [4.78, 5) is 25.3. The summed E-state index contributed by atoms with van der Waals surface area (Å²) in [6.45, 7) is 0. The van der Waals surface area contributed by atoms with Crippen molar-refractivity contribution in [3.63, 3.8) is 0 Å². The first-order valence-electron chi connectivity index (χ1n) is 9.51. The molecule has 1 aromatic heterocycles. The molecule has 0 aliphatic rings. The minimum absolute atomic E-state index is 0.0182. The Kier molecular flexibility index (Phi) is 5.75. The lowest BCUT2D eigenvalue weighted by molar-refractivity contribution is 0.0948. The molecular formula is C24H19N3O4. The summed E-state index contributed by atoms with van der Waals surface area (Å²) in [6, 6.07) is 24.5. The van der Waals surface area contributed by atoms with Crippen LogP contribution in [0.4, 0.5) is 5.69 Å². The molecular weight excluding hydrogens is 394 g/mol. The van der Waals surface area contributed by atoms with Gasteiger partial charge in [-0.3, -0.25) is 9.59 Å². The van der Waals surface area contributed by atoms with Crippen LogP contribution in [-0.4, -0.2) is 18.9 Å². The Morgan fingerprint density at radius 3 is 2.29 bits per heavy atom. The molecule has 0 saturated heterocycles. The van der Waals surface area contributed by atoms with E-state index in [-0.39, 0.29) is 11.1 Å². The molecule has 7 nitrogen and oxygen atoms in total. The average molecular weight is 413 g/mol. The molecule has 0 aliphatic heterocycles. The fraction of sp³-hybridized carbons (Fsp3) is 0.0417. The van der Waals surface area contributed by atoms with Crippen LogP contribution in [0.3, 0.4) is 0 Å². The smallest absolute Gasteiger partial charge is 0.271 e. The van der Waals surface area contributed by atoms with E-state index in [1.54, 1.807) is 67.8 Å². The summed E-state index contributed by atoms with van der Waals surface area (Å²) < 4.78 is 11.1. The van der Waals surface area contributed by atoms with Gasteiger partial charge in [-0.25, -0.2) is 5.43 Å². The maximum absolute atomic E-state index is 13.0. The van der Waals surface area contributed by atoms with Crippen LogP contribution in [0.1, 0.15) is 20.7 Å². The largest absolute Gasteiger partial charge is 0.497 e. The highest BCUT2D eigenvalue weighted by atomic mass is 16.5.